The summed E-state index contributed by atoms with van der Waals surface area (Å²) in [5.74, 6) is -3.48. The predicted molar refractivity (Wildman–Crippen MR) is 66.5 cm³/mol. The number of ether oxygens (including phenoxy) is 2. The van der Waals surface area contributed by atoms with Gasteiger partial charge in [0.2, 0.25) is 0 Å². The van der Waals surface area contributed by atoms with Crippen molar-refractivity contribution < 1.29 is 44.9 Å². The van der Waals surface area contributed by atoms with Crippen LogP contribution in [0.5, 0.6) is 0 Å². The summed E-state index contributed by atoms with van der Waals surface area (Å²) in [5.41, 5.74) is -0.335. The molecule has 0 saturated carbocycles. The molecule has 9 nitrogen and oxygen atoms in total. The van der Waals surface area contributed by atoms with Crippen LogP contribution < -0.4 is 0 Å². The van der Waals surface area contributed by atoms with Gasteiger partial charge in [-0.2, -0.15) is 0 Å². The van der Waals surface area contributed by atoms with Crippen LogP contribution in [0.4, 0.5) is 0 Å². The number of hydrogen-bond acceptors (Lipinski definition) is 9. The highest BCUT2D eigenvalue weighted by Gasteiger charge is 2.53. The molecule has 1 fully saturated rings. The maximum Gasteiger partial charge on any atom is 0.335 e. The average Bonchev–Trinajstić information content (AvgIpc) is 2.40. The van der Waals surface area contributed by atoms with Crippen molar-refractivity contribution in [3.05, 3.63) is 12.2 Å². The molecule has 0 aliphatic carbocycles. The molecule has 2 unspecified atom stereocenters. The highest BCUT2D eigenvalue weighted by molar-refractivity contribution is 5.87. The molecule has 6 N–H and O–H groups in total. The summed E-state index contributed by atoms with van der Waals surface area (Å²) < 4.78 is 9.40. The lowest BCUT2D eigenvalue weighted by molar-refractivity contribution is -0.348. The van der Waals surface area contributed by atoms with Crippen LogP contribution in [0.15, 0.2) is 12.2 Å². The molecule has 21 heavy (non-hydrogen) atoms. The third-order valence-corrected chi connectivity index (χ3v) is 3.08. The zero-order chi connectivity index (χ0) is 16.4. The molecule has 1 aliphatic rings. The van der Waals surface area contributed by atoms with Gasteiger partial charge in [0.15, 0.2) is 12.1 Å². The van der Waals surface area contributed by atoms with Crippen molar-refractivity contribution in [1.29, 1.82) is 0 Å². The lowest BCUT2D eigenvalue weighted by atomic mass is 9.89. The van der Waals surface area contributed by atoms with Crippen LogP contribution in [0, 0.1) is 0 Å². The summed E-state index contributed by atoms with van der Waals surface area (Å²) in [6.45, 7) is 3.80. The van der Waals surface area contributed by atoms with E-state index in [0.717, 1.165) is 0 Å². The summed E-state index contributed by atoms with van der Waals surface area (Å²) in [6.07, 6.45) is -8.73. The Labute approximate surface area is 120 Å². The largest absolute Gasteiger partial charge is 0.433 e. The van der Waals surface area contributed by atoms with E-state index in [1.165, 1.54) is 6.92 Å². The first-order valence-corrected chi connectivity index (χ1v) is 6.24. The van der Waals surface area contributed by atoms with Crippen molar-refractivity contribution in [1.82, 2.24) is 0 Å². The van der Waals surface area contributed by atoms with Crippen LogP contribution >= 0.6 is 0 Å². The van der Waals surface area contributed by atoms with Crippen LogP contribution in [-0.2, 0) is 14.3 Å². The fourth-order valence-corrected chi connectivity index (χ4v) is 1.98. The van der Waals surface area contributed by atoms with Crippen molar-refractivity contribution >= 4 is 5.97 Å². The Morgan fingerprint density at radius 3 is 2.43 bits per heavy atom. The van der Waals surface area contributed by atoms with Crippen LogP contribution in [0.3, 0.4) is 0 Å². The number of rotatable bonds is 5. The Bertz CT molecular complexity index is 394. The molecule has 6 atom stereocenters. The summed E-state index contributed by atoms with van der Waals surface area (Å²) in [4.78, 5) is 11.5. The zero-order valence-corrected chi connectivity index (χ0v) is 11.4. The summed E-state index contributed by atoms with van der Waals surface area (Å²) in [5, 5.41) is 57.1. The van der Waals surface area contributed by atoms with Crippen LogP contribution in [0.25, 0.3) is 0 Å². The van der Waals surface area contributed by atoms with Crippen LogP contribution in [-0.4, -0.2) is 79.7 Å². The maximum absolute atomic E-state index is 11.5. The van der Waals surface area contributed by atoms with Crippen LogP contribution in [0.2, 0.25) is 0 Å². The van der Waals surface area contributed by atoms with Gasteiger partial charge >= 0.3 is 5.97 Å². The first kappa shape index (κ1) is 18.0. The quantitative estimate of drug-likeness (QED) is 0.177. The third-order valence-electron chi connectivity index (χ3n) is 3.08. The predicted octanol–water partition coefficient (Wildman–Crippen LogP) is -3.02. The molecule has 1 rings (SSSR count). The fraction of sp³-hybridized carbons (Fsp3) is 0.750. The SMILES string of the molecule is C=C(CC1(O)O[C@H](CO)[C@@H](O)[C@H](O)[C@H]1O)C(=O)OC(C)O. The van der Waals surface area contributed by atoms with Gasteiger partial charge in [-0.1, -0.05) is 6.58 Å². The molecule has 0 radical (unpaired) electrons. The first-order chi connectivity index (χ1) is 9.62. The molecule has 1 saturated heterocycles. The summed E-state index contributed by atoms with van der Waals surface area (Å²) in [6, 6.07) is 0. The van der Waals surface area contributed by atoms with E-state index in [1.54, 1.807) is 0 Å². The second-order valence-electron chi connectivity index (χ2n) is 4.89. The highest BCUT2D eigenvalue weighted by atomic mass is 16.7. The Kier molecular flexibility index (Phi) is 5.82. The molecule has 9 heteroatoms. The second kappa shape index (κ2) is 6.79. The second-order valence-corrected chi connectivity index (χ2v) is 4.89. The van der Waals surface area contributed by atoms with E-state index in [0.29, 0.717) is 0 Å². The Morgan fingerprint density at radius 1 is 1.38 bits per heavy atom. The third kappa shape index (κ3) is 3.98. The van der Waals surface area contributed by atoms with E-state index < -0.39 is 55.5 Å². The van der Waals surface area contributed by atoms with Gasteiger partial charge in [-0.15, -0.1) is 0 Å². The average molecular weight is 308 g/mol. The Balaban J connectivity index is 2.83. The molecule has 122 valence electrons. The molecular weight excluding hydrogens is 288 g/mol. The number of hydrogen-bond donors (Lipinski definition) is 6. The van der Waals surface area contributed by atoms with Gasteiger partial charge in [-0.25, -0.2) is 4.79 Å². The maximum atomic E-state index is 11.5. The van der Waals surface area contributed by atoms with E-state index >= 15 is 0 Å². The molecule has 0 bridgehead atoms. The minimum absolute atomic E-state index is 0.335. The number of carbonyl (C=O) groups is 1. The lowest BCUT2D eigenvalue weighted by Crippen LogP contribution is -2.65. The summed E-state index contributed by atoms with van der Waals surface area (Å²) >= 11 is 0. The normalized spacial score (nSPS) is 37.9. The molecule has 0 aromatic carbocycles. The standard InChI is InChI=1S/C12H20O9/c1-5(11(18)20-6(2)14)3-12(19)10(17)9(16)8(15)7(4-13)21-12/h6-10,13-17,19H,1,3-4H2,2H3/t6?,7-,8-,9+,10-,12?/m1/s1. The van der Waals surface area contributed by atoms with Gasteiger partial charge < -0.3 is 40.1 Å². The van der Waals surface area contributed by atoms with E-state index in [2.05, 4.69) is 11.3 Å². The van der Waals surface area contributed by atoms with Crippen molar-refractivity contribution in [3.63, 3.8) is 0 Å². The van der Waals surface area contributed by atoms with Crippen molar-refractivity contribution in [2.75, 3.05) is 6.61 Å². The van der Waals surface area contributed by atoms with Gasteiger partial charge in [0.25, 0.3) is 0 Å². The molecule has 0 amide bonds. The van der Waals surface area contributed by atoms with E-state index in [9.17, 15) is 25.2 Å². The summed E-state index contributed by atoms with van der Waals surface area (Å²) in [7, 11) is 0. The van der Waals surface area contributed by atoms with Gasteiger partial charge in [-0.05, 0) is 6.92 Å². The molecule has 0 aromatic rings. The molecule has 1 aliphatic heterocycles. The van der Waals surface area contributed by atoms with Gasteiger partial charge in [-0.3, -0.25) is 0 Å². The minimum Gasteiger partial charge on any atom is -0.433 e. The van der Waals surface area contributed by atoms with Gasteiger partial charge in [0.1, 0.15) is 24.4 Å². The van der Waals surface area contributed by atoms with E-state index in [4.69, 9.17) is 14.9 Å². The number of esters is 1. The van der Waals surface area contributed by atoms with Crippen LogP contribution in [0.1, 0.15) is 13.3 Å². The monoisotopic (exact) mass is 308 g/mol. The minimum atomic E-state index is -2.44. The molecule has 0 spiro atoms. The lowest BCUT2D eigenvalue weighted by Gasteiger charge is -2.45. The topological polar surface area (TPSA) is 157 Å². The van der Waals surface area contributed by atoms with Gasteiger partial charge in [0.05, 0.1) is 6.61 Å². The van der Waals surface area contributed by atoms with Crippen molar-refractivity contribution in [2.24, 2.45) is 0 Å². The van der Waals surface area contributed by atoms with E-state index in [-0.39, 0.29) is 5.57 Å². The molecule has 1 heterocycles. The zero-order valence-electron chi connectivity index (χ0n) is 11.4. The number of carbonyl (C=O) groups excluding carboxylic acids is 1. The molecule has 0 aromatic heterocycles. The Morgan fingerprint density at radius 2 is 1.95 bits per heavy atom. The number of aliphatic hydroxyl groups is 6. The smallest absolute Gasteiger partial charge is 0.335 e. The van der Waals surface area contributed by atoms with Crippen molar-refractivity contribution in [2.45, 2.75) is 49.8 Å². The number of aliphatic hydroxyl groups excluding tert-OH is 5. The first-order valence-electron chi connectivity index (χ1n) is 6.24. The fourth-order valence-electron chi connectivity index (χ4n) is 1.98. The Hall–Kier alpha value is -1.07. The highest BCUT2D eigenvalue weighted by Crippen LogP contribution is 2.32. The van der Waals surface area contributed by atoms with Gasteiger partial charge in [0, 0.05) is 12.0 Å². The molecular formula is C12H20O9. The van der Waals surface area contributed by atoms with Crippen molar-refractivity contribution in [3.8, 4) is 0 Å². The van der Waals surface area contributed by atoms with E-state index in [1.807, 2.05) is 0 Å².